The maximum Gasteiger partial charge on any atom is 0.321 e. The molecule has 24 heavy (non-hydrogen) atoms. The van der Waals surface area contributed by atoms with Crippen molar-refractivity contribution < 1.29 is 4.79 Å². The van der Waals surface area contributed by atoms with Crippen LogP contribution in [0.3, 0.4) is 0 Å². The van der Waals surface area contributed by atoms with E-state index in [1.165, 1.54) is 0 Å². The van der Waals surface area contributed by atoms with Crippen LogP contribution in [0.15, 0.2) is 67.0 Å². The zero-order valence-corrected chi connectivity index (χ0v) is 13.2. The van der Waals surface area contributed by atoms with Crippen LogP contribution in [0.1, 0.15) is 22.9 Å². The van der Waals surface area contributed by atoms with Crippen LogP contribution in [-0.4, -0.2) is 21.2 Å². The summed E-state index contributed by atoms with van der Waals surface area (Å²) < 4.78 is 0. The number of hydrogen-bond acceptors (Lipinski definition) is 4. The molecule has 0 aliphatic heterocycles. The molecule has 120 valence electrons. The fourth-order valence-electron chi connectivity index (χ4n) is 2.38. The molecule has 0 bridgehead atoms. The standard InChI is InChI=1S/C18H17N5O/c1-13-6-4-7-14(12-13)17(15-8-2-3-10-19-15)22-18(24)21-16-9-5-11-20-23-16/h2-12,17H,1H3,(H2,21,22,23,24)/t17-/m0/s1. The van der Waals surface area contributed by atoms with E-state index >= 15 is 0 Å². The van der Waals surface area contributed by atoms with Gasteiger partial charge in [-0.3, -0.25) is 10.3 Å². The van der Waals surface area contributed by atoms with Gasteiger partial charge in [0.2, 0.25) is 0 Å². The number of amides is 2. The Morgan fingerprint density at radius 3 is 2.67 bits per heavy atom. The number of anilines is 1. The summed E-state index contributed by atoms with van der Waals surface area (Å²) in [5, 5.41) is 13.2. The van der Waals surface area contributed by atoms with Crippen molar-refractivity contribution in [2.75, 3.05) is 5.32 Å². The number of rotatable bonds is 4. The molecule has 3 aromatic rings. The molecule has 0 saturated heterocycles. The highest BCUT2D eigenvalue weighted by Crippen LogP contribution is 2.21. The van der Waals surface area contributed by atoms with Gasteiger partial charge in [-0.1, -0.05) is 35.9 Å². The molecular weight excluding hydrogens is 302 g/mol. The average molecular weight is 319 g/mol. The normalized spacial score (nSPS) is 11.5. The van der Waals surface area contributed by atoms with Crippen molar-refractivity contribution in [3.05, 3.63) is 83.8 Å². The van der Waals surface area contributed by atoms with Gasteiger partial charge in [-0.05, 0) is 36.8 Å². The Kier molecular flexibility index (Phi) is 4.76. The Balaban J connectivity index is 1.84. The number of aromatic nitrogens is 3. The minimum Gasteiger partial charge on any atom is -0.325 e. The van der Waals surface area contributed by atoms with Crippen LogP contribution >= 0.6 is 0 Å². The second-order valence-electron chi connectivity index (χ2n) is 5.31. The highest BCUT2D eigenvalue weighted by atomic mass is 16.2. The fourth-order valence-corrected chi connectivity index (χ4v) is 2.38. The molecule has 6 nitrogen and oxygen atoms in total. The molecule has 0 fully saturated rings. The molecule has 0 aliphatic carbocycles. The third-order valence-corrected chi connectivity index (χ3v) is 3.45. The van der Waals surface area contributed by atoms with E-state index in [1.54, 1.807) is 24.5 Å². The summed E-state index contributed by atoms with van der Waals surface area (Å²) >= 11 is 0. The number of hydrogen-bond donors (Lipinski definition) is 2. The van der Waals surface area contributed by atoms with Crippen LogP contribution in [0.25, 0.3) is 0 Å². The quantitative estimate of drug-likeness (QED) is 0.774. The maximum atomic E-state index is 12.3. The van der Waals surface area contributed by atoms with Crippen molar-refractivity contribution in [1.82, 2.24) is 20.5 Å². The van der Waals surface area contributed by atoms with Gasteiger partial charge in [-0.2, -0.15) is 5.10 Å². The first-order valence-electron chi connectivity index (χ1n) is 7.55. The van der Waals surface area contributed by atoms with Gasteiger partial charge in [0.05, 0.1) is 11.7 Å². The topological polar surface area (TPSA) is 79.8 Å². The number of carbonyl (C=O) groups is 1. The highest BCUT2D eigenvalue weighted by molar-refractivity contribution is 5.88. The summed E-state index contributed by atoms with van der Waals surface area (Å²) in [6.07, 6.45) is 3.26. The second kappa shape index (κ2) is 7.32. The molecule has 2 aromatic heterocycles. The van der Waals surface area contributed by atoms with E-state index in [9.17, 15) is 4.79 Å². The summed E-state index contributed by atoms with van der Waals surface area (Å²) in [5.74, 6) is 0.388. The predicted molar refractivity (Wildman–Crippen MR) is 91.4 cm³/mol. The lowest BCUT2D eigenvalue weighted by Crippen LogP contribution is -2.34. The molecular formula is C18H17N5O. The van der Waals surface area contributed by atoms with Gasteiger partial charge < -0.3 is 5.32 Å². The van der Waals surface area contributed by atoms with E-state index in [-0.39, 0.29) is 12.1 Å². The lowest BCUT2D eigenvalue weighted by molar-refractivity contribution is 0.250. The van der Waals surface area contributed by atoms with Crippen molar-refractivity contribution in [2.24, 2.45) is 0 Å². The monoisotopic (exact) mass is 319 g/mol. The van der Waals surface area contributed by atoms with E-state index in [0.717, 1.165) is 16.8 Å². The van der Waals surface area contributed by atoms with E-state index < -0.39 is 0 Å². The van der Waals surface area contributed by atoms with E-state index in [0.29, 0.717) is 5.82 Å². The highest BCUT2D eigenvalue weighted by Gasteiger charge is 2.18. The third kappa shape index (κ3) is 3.92. The largest absolute Gasteiger partial charge is 0.325 e. The van der Waals surface area contributed by atoms with Gasteiger partial charge in [0.15, 0.2) is 5.82 Å². The zero-order valence-electron chi connectivity index (χ0n) is 13.2. The number of urea groups is 1. The number of benzene rings is 1. The van der Waals surface area contributed by atoms with Gasteiger partial charge in [0.25, 0.3) is 0 Å². The Labute approximate surface area is 140 Å². The van der Waals surface area contributed by atoms with Gasteiger partial charge in [0, 0.05) is 12.4 Å². The van der Waals surface area contributed by atoms with Gasteiger partial charge >= 0.3 is 6.03 Å². The van der Waals surface area contributed by atoms with Crippen LogP contribution in [0.2, 0.25) is 0 Å². The Morgan fingerprint density at radius 2 is 1.96 bits per heavy atom. The number of aryl methyl sites for hydroxylation is 1. The SMILES string of the molecule is Cc1cccc([C@H](NC(=O)Nc2cccnn2)c2ccccn2)c1. The molecule has 0 spiro atoms. The number of nitrogens with zero attached hydrogens (tertiary/aromatic N) is 3. The second-order valence-corrected chi connectivity index (χ2v) is 5.31. The smallest absolute Gasteiger partial charge is 0.321 e. The summed E-state index contributed by atoms with van der Waals surface area (Å²) in [7, 11) is 0. The van der Waals surface area contributed by atoms with E-state index in [1.807, 2.05) is 49.4 Å². The Morgan fingerprint density at radius 1 is 1.04 bits per heavy atom. The van der Waals surface area contributed by atoms with Crippen molar-refractivity contribution >= 4 is 11.8 Å². The molecule has 3 rings (SSSR count). The Hall–Kier alpha value is -3.28. The van der Waals surface area contributed by atoms with E-state index in [2.05, 4.69) is 25.8 Å². The Bertz CT molecular complexity index is 808. The van der Waals surface area contributed by atoms with Crippen LogP contribution in [0.5, 0.6) is 0 Å². The van der Waals surface area contributed by atoms with Crippen molar-refractivity contribution in [1.29, 1.82) is 0 Å². The van der Waals surface area contributed by atoms with Crippen LogP contribution in [0.4, 0.5) is 10.6 Å². The fraction of sp³-hybridized carbons (Fsp3) is 0.111. The molecule has 2 N–H and O–H groups in total. The van der Waals surface area contributed by atoms with Gasteiger partial charge in [-0.25, -0.2) is 4.79 Å². The first-order chi connectivity index (χ1) is 11.7. The summed E-state index contributed by atoms with van der Waals surface area (Å²) in [6, 6.07) is 16.3. The average Bonchev–Trinajstić information content (AvgIpc) is 2.61. The zero-order chi connectivity index (χ0) is 16.8. The molecule has 0 radical (unpaired) electrons. The molecule has 1 atom stereocenters. The maximum absolute atomic E-state index is 12.3. The molecule has 0 unspecified atom stereocenters. The third-order valence-electron chi connectivity index (χ3n) is 3.45. The van der Waals surface area contributed by atoms with E-state index in [4.69, 9.17) is 0 Å². The molecule has 0 saturated carbocycles. The van der Waals surface area contributed by atoms with Crippen LogP contribution in [-0.2, 0) is 0 Å². The lowest BCUT2D eigenvalue weighted by Gasteiger charge is -2.19. The lowest BCUT2D eigenvalue weighted by atomic mass is 10.0. The molecule has 1 aromatic carbocycles. The van der Waals surface area contributed by atoms with Gasteiger partial charge in [0.1, 0.15) is 0 Å². The molecule has 6 heteroatoms. The minimum absolute atomic E-state index is 0.359. The predicted octanol–water partition coefficient (Wildman–Crippen LogP) is 3.09. The van der Waals surface area contributed by atoms with Crippen molar-refractivity contribution in [2.45, 2.75) is 13.0 Å². The van der Waals surface area contributed by atoms with Crippen molar-refractivity contribution in [3.63, 3.8) is 0 Å². The molecule has 0 aliphatic rings. The first kappa shape index (κ1) is 15.6. The van der Waals surface area contributed by atoms with Gasteiger partial charge in [-0.15, -0.1) is 5.10 Å². The minimum atomic E-state index is -0.368. The molecule has 2 heterocycles. The summed E-state index contributed by atoms with van der Waals surface area (Å²) in [6.45, 7) is 2.01. The number of nitrogens with one attached hydrogen (secondary N) is 2. The summed E-state index contributed by atoms with van der Waals surface area (Å²) in [5.41, 5.74) is 2.84. The van der Waals surface area contributed by atoms with Crippen molar-refractivity contribution in [3.8, 4) is 0 Å². The number of carbonyl (C=O) groups excluding carboxylic acids is 1. The van der Waals surface area contributed by atoms with Crippen LogP contribution in [0, 0.1) is 6.92 Å². The first-order valence-corrected chi connectivity index (χ1v) is 7.55. The number of pyridine rings is 1. The summed E-state index contributed by atoms with van der Waals surface area (Å²) in [4.78, 5) is 16.7. The molecule has 2 amide bonds. The van der Waals surface area contributed by atoms with Crippen LogP contribution < -0.4 is 10.6 Å².